The Morgan fingerprint density at radius 3 is 2.23 bits per heavy atom. The van der Waals surface area contributed by atoms with Crippen LogP contribution in [0.5, 0.6) is 0 Å². The van der Waals surface area contributed by atoms with Crippen LogP contribution >= 0.6 is 11.3 Å². The average molecular weight is 415 g/mol. The van der Waals surface area contributed by atoms with E-state index >= 15 is 0 Å². The van der Waals surface area contributed by atoms with E-state index in [1.807, 2.05) is 66.9 Å². The van der Waals surface area contributed by atoms with Gasteiger partial charge in [-0.2, -0.15) is 0 Å². The van der Waals surface area contributed by atoms with Crippen LogP contribution in [0.15, 0.2) is 84.2 Å². The minimum atomic E-state index is -0.316. The maximum absolute atomic E-state index is 13.3. The molecule has 0 spiro atoms. The van der Waals surface area contributed by atoms with Crippen LogP contribution < -0.4 is 5.32 Å². The molecule has 148 valence electrons. The van der Waals surface area contributed by atoms with Gasteiger partial charge in [-0.05, 0) is 47.4 Å². The molecule has 0 bridgehead atoms. The molecule has 3 aromatic carbocycles. The van der Waals surface area contributed by atoms with Crippen LogP contribution in [0.3, 0.4) is 0 Å². The molecule has 4 aromatic rings. The standard InChI is InChI=1S/C25H19FN2OS/c1-17-16-30-25(27-17)28-24(29)23(15-18-7-13-22(26)14-8-18)21-11-9-20(10-12-21)19-5-3-2-4-6-19/h2-16H,1H3,(H,27,28,29)/b23-15+. The number of nitrogens with zero attached hydrogens (tertiary/aromatic N) is 1. The monoisotopic (exact) mass is 414 g/mol. The summed E-state index contributed by atoms with van der Waals surface area (Å²) in [5, 5.41) is 5.29. The highest BCUT2D eigenvalue weighted by Gasteiger charge is 2.14. The predicted molar refractivity (Wildman–Crippen MR) is 122 cm³/mol. The number of nitrogens with one attached hydrogen (secondary N) is 1. The SMILES string of the molecule is Cc1csc(NC(=O)/C(=C/c2ccc(F)cc2)c2ccc(-c3ccccc3)cc2)n1. The number of hydrogen-bond acceptors (Lipinski definition) is 3. The summed E-state index contributed by atoms with van der Waals surface area (Å²) < 4.78 is 13.3. The number of benzene rings is 3. The maximum atomic E-state index is 13.3. The predicted octanol–water partition coefficient (Wildman–Crippen LogP) is 6.44. The number of carbonyl (C=O) groups excluding carboxylic acids is 1. The fraction of sp³-hybridized carbons (Fsp3) is 0.0400. The first kappa shape index (κ1) is 19.7. The molecular weight excluding hydrogens is 395 g/mol. The second-order valence-electron chi connectivity index (χ2n) is 6.80. The summed E-state index contributed by atoms with van der Waals surface area (Å²) in [6, 6.07) is 23.9. The highest BCUT2D eigenvalue weighted by molar-refractivity contribution is 7.14. The van der Waals surface area contributed by atoms with E-state index in [0.29, 0.717) is 10.7 Å². The van der Waals surface area contributed by atoms with Crippen molar-refractivity contribution in [1.82, 2.24) is 4.98 Å². The summed E-state index contributed by atoms with van der Waals surface area (Å²) in [6.45, 7) is 1.88. The molecule has 0 aliphatic heterocycles. The summed E-state index contributed by atoms with van der Waals surface area (Å²) in [4.78, 5) is 17.4. The molecule has 1 amide bonds. The highest BCUT2D eigenvalue weighted by atomic mass is 32.1. The molecule has 3 nitrogen and oxygen atoms in total. The van der Waals surface area contributed by atoms with Crippen LogP contribution in [0.2, 0.25) is 0 Å². The first-order valence-electron chi connectivity index (χ1n) is 9.45. The van der Waals surface area contributed by atoms with Crippen molar-refractivity contribution in [3.63, 3.8) is 0 Å². The van der Waals surface area contributed by atoms with Crippen LogP contribution in [0.1, 0.15) is 16.8 Å². The molecule has 0 saturated heterocycles. The summed E-state index contributed by atoms with van der Waals surface area (Å²) in [7, 11) is 0. The van der Waals surface area contributed by atoms with Crippen molar-refractivity contribution in [1.29, 1.82) is 0 Å². The highest BCUT2D eigenvalue weighted by Crippen LogP contribution is 2.26. The summed E-state index contributed by atoms with van der Waals surface area (Å²) in [5.74, 6) is -0.579. The van der Waals surface area contributed by atoms with Crippen molar-refractivity contribution < 1.29 is 9.18 Å². The third kappa shape index (κ3) is 4.70. The van der Waals surface area contributed by atoms with E-state index < -0.39 is 0 Å². The van der Waals surface area contributed by atoms with E-state index in [4.69, 9.17) is 0 Å². The quantitative estimate of drug-likeness (QED) is 0.302. The molecule has 1 heterocycles. The molecule has 0 atom stereocenters. The number of amides is 1. The average Bonchev–Trinajstić information content (AvgIpc) is 3.18. The van der Waals surface area contributed by atoms with Gasteiger partial charge >= 0.3 is 0 Å². The molecule has 0 saturated carbocycles. The van der Waals surface area contributed by atoms with E-state index in [9.17, 15) is 9.18 Å². The van der Waals surface area contributed by atoms with Crippen LogP contribution in [-0.2, 0) is 4.79 Å². The van der Waals surface area contributed by atoms with Crippen LogP contribution in [-0.4, -0.2) is 10.9 Å². The topological polar surface area (TPSA) is 42.0 Å². The molecule has 4 rings (SSSR count). The smallest absolute Gasteiger partial charge is 0.258 e. The van der Waals surface area contributed by atoms with Gasteiger partial charge in [0.25, 0.3) is 5.91 Å². The van der Waals surface area contributed by atoms with Crippen molar-refractivity contribution >= 4 is 34.0 Å². The molecule has 30 heavy (non-hydrogen) atoms. The van der Waals surface area contributed by atoms with Gasteiger partial charge in [0.15, 0.2) is 5.13 Å². The minimum absolute atomic E-state index is 0.263. The molecule has 0 fully saturated rings. The Hall–Kier alpha value is -3.57. The lowest BCUT2D eigenvalue weighted by molar-refractivity contribution is -0.111. The lowest BCUT2D eigenvalue weighted by Crippen LogP contribution is -2.13. The Bertz CT molecular complexity index is 1180. The Kier molecular flexibility index (Phi) is 5.82. The van der Waals surface area contributed by atoms with Crippen molar-refractivity contribution in [2.45, 2.75) is 6.92 Å². The molecule has 0 aliphatic rings. The van der Waals surface area contributed by atoms with E-state index in [1.54, 1.807) is 18.2 Å². The zero-order valence-corrected chi connectivity index (χ0v) is 17.1. The van der Waals surface area contributed by atoms with Crippen molar-refractivity contribution in [2.75, 3.05) is 5.32 Å². The number of aromatic nitrogens is 1. The van der Waals surface area contributed by atoms with E-state index in [2.05, 4.69) is 10.3 Å². The van der Waals surface area contributed by atoms with Gasteiger partial charge in [0.2, 0.25) is 0 Å². The summed E-state index contributed by atoms with van der Waals surface area (Å²) in [5.41, 5.74) is 5.02. The van der Waals surface area contributed by atoms with Crippen molar-refractivity contribution in [2.24, 2.45) is 0 Å². The van der Waals surface area contributed by atoms with Crippen LogP contribution in [0, 0.1) is 12.7 Å². The fourth-order valence-corrected chi connectivity index (χ4v) is 3.74. The largest absolute Gasteiger partial charge is 0.298 e. The molecule has 1 N–H and O–H groups in total. The van der Waals surface area contributed by atoms with Gasteiger partial charge < -0.3 is 0 Å². The van der Waals surface area contributed by atoms with Gasteiger partial charge in [-0.25, -0.2) is 9.37 Å². The van der Waals surface area contributed by atoms with Gasteiger partial charge in [-0.1, -0.05) is 66.7 Å². The van der Waals surface area contributed by atoms with Crippen molar-refractivity contribution in [3.8, 4) is 11.1 Å². The second kappa shape index (κ2) is 8.84. The Labute approximate surface area is 178 Å². The Balaban J connectivity index is 1.69. The second-order valence-corrected chi connectivity index (χ2v) is 7.66. The third-order valence-electron chi connectivity index (χ3n) is 4.57. The summed E-state index contributed by atoms with van der Waals surface area (Å²) >= 11 is 1.38. The number of halogens is 1. The van der Waals surface area contributed by atoms with E-state index in [-0.39, 0.29) is 11.7 Å². The zero-order chi connectivity index (χ0) is 20.9. The first-order valence-corrected chi connectivity index (χ1v) is 10.3. The molecule has 1 aromatic heterocycles. The normalized spacial score (nSPS) is 11.3. The number of rotatable bonds is 5. The lowest BCUT2D eigenvalue weighted by atomic mass is 9.98. The van der Waals surface area contributed by atoms with Gasteiger partial charge in [0.05, 0.1) is 5.69 Å². The summed E-state index contributed by atoms with van der Waals surface area (Å²) in [6.07, 6.45) is 1.76. The molecule has 0 aliphatic carbocycles. The van der Waals surface area contributed by atoms with E-state index in [0.717, 1.165) is 27.9 Å². The number of carbonyl (C=O) groups is 1. The molecular formula is C25H19FN2OS. The molecule has 5 heteroatoms. The first-order chi connectivity index (χ1) is 14.6. The Morgan fingerprint density at radius 1 is 0.933 bits per heavy atom. The van der Waals surface area contributed by atoms with Gasteiger partial charge in [-0.15, -0.1) is 11.3 Å². The molecule has 0 unspecified atom stereocenters. The van der Waals surface area contributed by atoms with Crippen molar-refractivity contribution in [3.05, 3.63) is 107 Å². The van der Waals surface area contributed by atoms with Crippen LogP contribution in [0.25, 0.3) is 22.8 Å². The number of thiazole rings is 1. The van der Waals surface area contributed by atoms with Gasteiger partial charge in [0, 0.05) is 11.0 Å². The maximum Gasteiger partial charge on any atom is 0.258 e. The minimum Gasteiger partial charge on any atom is -0.298 e. The van der Waals surface area contributed by atoms with Crippen LogP contribution in [0.4, 0.5) is 9.52 Å². The molecule has 0 radical (unpaired) electrons. The van der Waals surface area contributed by atoms with Gasteiger partial charge in [-0.3, -0.25) is 10.1 Å². The fourth-order valence-electron chi connectivity index (χ4n) is 3.05. The van der Waals surface area contributed by atoms with Gasteiger partial charge in [0.1, 0.15) is 5.82 Å². The Morgan fingerprint density at radius 2 is 1.60 bits per heavy atom. The number of aryl methyl sites for hydroxylation is 1. The zero-order valence-electron chi connectivity index (χ0n) is 16.3. The number of anilines is 1. The van der Waals surface area contributed by atoms with E-state index in [1.165, 1.54) is 23.5 Å². The lowest BCUT2D eigenvalue weighted by Gasteiger charge is -2.10. The third-order valence-corrected chi connectivity index (χ3v) is 5.44. The number of hydrogen-bond donors (Lipinski definition) is 1.